The Labute approximate surface area is 107 Å². The molecule has 0 aliphatic carbocycles. The molecule has 0 aromatic carbocycles. The van der Waals surface area contributed by atoms with Gasteiger partial charge in [-0.25, -0.2) is 0 Å². The SMILES string of the molecule is CC(N)=O.Cc1cccc(C)n1.[Cl][Pt][Cl]. The van der Waals surface area contributed by atoms with E-state index in [9.17, 15) is 4.79 Å². The Morgan fingerprint density at radius 2 is 1.60 bits per heavy atom. The van der Waals surface area contributed by atoms with Gasteiger partial charge in [-0.15, -0.1) is 0 Å². The van der Waals surface area contributed by atoms with Crippen LogP contribution in [0.3, 0.4) is 0 Å². The second-order valence-corrected chi connectivity index (χ2v) is 5.86. The molecular formula is C9H14Cl2N2OPt. The molecule has 90 valence electrons. The molecule has 1 aromatic heterocycles. The van der Waals surface area contributed by atoms with E-state index in [0.29, 0.717) is 0 Å². The Balaban J connectivity index is 0. The molecule has 0 bridgehead atoms. The first kappa shape index (κ1) is 17.3. The van der Waals surface area contributed by atoms with Gasteiger partial charge < -0.3 is 5.73 Å². The van der Waals surface area contributed by atoms with Gasteiger partial charge in [-0.05, 0) is 26.0 Å². The van der Waals surface area contributed by atoms with Crippen molar-refractivity contribution in [2.75, 3.05) is 0 Å². The van der Waals surface area contributed by atoms with Gasteiger partial charge in [-0.1, -0.05) is 6.07 Å². The van der Waals surface area contributed by atoms with Crippen molar-refractivity contribution in [1.29, 1.82) is 0 Å². The molecule has 0 saturated carbocycles. The number of primary amides is 1. The number of pyridine rings is 1. The van der Waals surface area contributed by atoms with Crippen molar-refractivity contribution in [3.63, 3.8) is 0 Å². The van der Waals surface area contributed by atoms with Crippen molar-refractivity contribution in [3.05, 3.63) is 29.6 Å². The van der Waals surface area contributed by atoms with E-state index in [4.69, 9.17) is 18.8 Å². The molecule has 0 unspecified atom stereocenters. The summed E-state index contributed by atoms with van der Waals surface area (Å²) in [6, 6.07) is 6.00. The fourth-order valence-electron chi connectivity index (χ4n) is 0.679. The normalized spacial score (nSPS) is 8.07. The number of hydrogen-bond acceptors (Lipinski definition) is 2. The van der Waals surface area contributed by atoms with E-state index in [1.165, 1.54) is 6.92 Å². The number of amides is 1. The number of nitrogens with zero attached hydrogens (tertiary/aromatic N) is 1. The number of halogens is 2. The molecular weight excluding hydrogens is 418 g/mol. The maximum absolute atomic E-state index is 9.22. The zero-order valence-electron chi connectivity index (χ0n) is 8.74. The molecule has 1 amide bonds. The summed E-state index contributed by atoms with van der Waals surface area (Å²) in [5.41, 5.74) is 6.65. The maximum atomic E-state index is 9.22. The van der Waals surface area contributed by atoms with Gasteiger partial charge in [0.25, 0.3) is 0 Å². The summed E-state index contributed by atoms with van der Waals surface area (Å²) in [6.07, 6.45) is 0. The van der Waals surface area contributed by atoms with Crippen LogP contribution in [0, 0.1) is 13.8 Å². The Hall–Kier alpha value is -0.112. The fourth-order valence-corrected chi connectivity index (χ4v) is 0.679. The number of aromatic nitrogens is 1. The molecule has 0 aliphatic heterocycles. The van der Waals surface area contributed by atoms with Crippen LogP contribution in [-0.4, -0.2) is 10.9 Å². The third-order valence-electron chi connectivity index (χ3n) is 1.03. The predicted octanol–water partition coefficient (Wildman–Crippen LogP) is 2.57. The van der Waals surface area contributed by atoms with E-state index in [2.05, 4.69) is 10.7 Å². The molecule has 15 heavy (non-hydrogen) atoms. The first-order chi connectivity index (χ1) is 6.93. The number of carbonyl (C=O) groups excluding carboxylic acids is 1. The van der Waals surface area contributed by atoms with Crippen LogP contribution in [0.1, 0.15) is 18.3 Å². The van der Waals surface area contributed by atoms with Crippen LogP contribution in [0.5, 0.6) is 0 Å². The van der Waals surface area contributed by atoms with Crippen LogP contribution in [0.25, 0.3) is 0 Å². The summed E-state index contributed by atoms with van der Waals surface area (Å²) in [5.74, 6) is -0.333. The van der Waals surface area contributed by atoms with Crippen LogP contribution in [0.4, 0.5) is 0 Å². The average molecular weight is 432 g/mol. The summed E-state index contributed by atoms with van der Waals surface area (Å²) in [5, 5.41) is 0. The van der Waals surface area contributed by atoms with E-state index in [1.54, 1.807) is 0 Å². The molecule has 1 aromatic rings. The first-order valence-corrected chi connectivity index (χ1v) is 9.55. The van der Waals surface area contributed by atoms with Crippen LogP contribution < -0.4 is 5.73 Å². The number of carbonyl (C=O) groups is 1. The number of nitrogens with two attached hydrogens (primary N) is 1. The Bertz CT molecular complexity index is 263. The Morgan fingerprint density at radius 3 is 1.73 bits per heavy atom. The minimum absolute atomic E-state index is 0.333. The van der Waals surface area contributed by atoms with E-state index >= 15 is 0 Å². The molecule has 0 radical (unpaired) electrons. The minimum atomic E-state index is -0.472. The molecule has 0 aliphatic rings. The van der Waals surface area contributed by atoms with Crippen molar-refractivity contribution < 1.29 is 21.3 Å². The topological polar surface area (TPSA) is 56.0 Å². The molecule has 0 spiro atoms. The third kappa shape index (κ3) is 20.1. The molecule has 2 N–H and O–H groups in total. The van der Waals surface area contributed by atoms with Gasteiger partial charge in [0, 0.05) is 18.3 Å². The van der Waals surface area contributed by atoms with E-state index in [-0.39, 0.29) is 5.91 Å². The zero-order valence-corrected chi connectivity index (χ0v) is 12.5. The Morgan fingerprint density at radius 1 is 1.33 bits per heavy atom. The molecule has 3 nitrogen and oxygen atoms in total. The zero-order chi connectivity index (χ0) is 12.3. The van der Waals surface area contributed by atoms with Gasteiger partial charge in [0.05, 0.1) is 0 Å². The van der Waals surface area contributed by atoms with Gasteiger partial charge in [0.15, 0.2) is 0 Å². The number of hydrogen-bond donors (Lipinski definition) is 1. The molecule has 0 atom stereocenters. The molecule has 0 saturated heterocycles. The Kier molecular flexibility index (Phi) is 13.8. The second-order valence-electron chi connectivity index (χ2n) is 2.58. The average Bonchev–Trinajstić information content (AvgIpc) is 2.03. The van der Waals surface area contributed by atoms with Crippen LogP contribution in [0.2, 0.25) is 0 Å². The molecule has 1 rings (SSSR count). The van der Waals surface area contributed by atoms with Gasteiger partial charge in [-0.2, -0.15) is 0 Å². The number of rotatable bonds is 0. The predicted molar refractivity (Wildman–Crippen MR) is 60.3 cm³/mol. The fraction of sp³-hybridized carbons (Fsp3) is 0.333. The van der Waals surface area contributed by atoms with E-state index < -0.39 is 16.5 Å². The van der Waals surface area contributed by atoms with E-state index in [0.717, 1.165) is 11.4 Å². The van der Waals surface area contributed by atoms with Crippen molar-refractivity contribution in [1.82, 2.24) is 4.98 Å². The number of aryl methyl sites for hydroxylation is 2. The summed E-state index contributed by atoms with van der Waals surface area (Å²) in [6.45, 7) is 5.29. The molecule has 6 heteroatoms. The van der Waals surface area contributed by atoms with Crippen LogP contribution >= 0.6 is 18.8 Å². The van der Waals surface area contributed by atoms with Gasteiger partial charge in [0.2, 0.25) is 5.91 Å². The van der Waals surface area contributed by atoms with E-state index in [1.807, 2.05) is 32.0 Å². The van der Waals surface area contributed by atoms with Crippen LogP contribution in [-0.2, 0) is 21.3 Å². The second kappa shape index (κ2) is 12.0. The summed E-state index contributed by atoms with van der Waals surface area (Å²) < 4.78 is 0. The first-order valence-electron chi connectivity index (χ1n) is 3.92. The summed E-state index contributed by atoms with van der Waals surface area (Å²) >= 11 is -0.472. The summed E-state index contributed by atoms with van der Waals surface area (Å²) in [7, 11) is 9.75. The molecule has 0 fully saturated rings. The van der Waals surface area contributed by atoms with Gasteiger partial charge >= 0.3 is 35.3 Å². The van der Waals surface area contributed by atoms with Gasteiger partial charge in [-0.3, -0.25) is 9.78 Å². The molecule has 1 heterocycles. The van der Waals surface area contributed by atoms with Crippen molar-refractivity contribution in [2.45, 2.75) is 20.8 Å². The quantitative estimate of drug-likeness (QED) is 0.686. The summed E-state index contributed by atoms with van der Waals surface area (Å²) in [4.78, 5) is 13.4. The van der Waals surface area contributed by atoms with Crippen molar-refractivity contribution in [3.8, 4) is 0 Å². The van der Waals surface area contributed by atoms with Gasteiger partial charge in [0.1, 0.15) is 0 Å². The monoisotopic (exact) mass is 431 g/mol. The standard InChI is InChI=1S/C7H9N.C2H5NO.2ClH.Pt/c1-6-4-3-5-7(2)8-6;1-2(3)4;;;/h3-5H,1-2H3;1H3,(H2,3,4);2*1H;/q;;;;+2/p-2. The third-order valence-corrected chi connectivity index (χ3v) is 1.03. The van der Waals surface area contributed by atoms with Crippen LogP contribution in [0.15, 0.2) is 18.2 Å². The van der Waals surface area contributed by atoms with Crippen molar-refractivity contribution >= 4 is 24.7 Å². The van der Waals surface area contributed by atoms with Crippen molar-refractivity contribution in [2.24, 2.45) is 5.73 Å².